The molecular formula is C8H9P. The molecule has 0 aliphatic carbocycles. The predicted molar refractivity (Wildman–Crippen MR) is 45.9 cm³/mol. The van der Waals surface area contributed by atoms with Crippen molar-refractivity contribution in [1.82, 2.24) is 0 Å². The van der Waals surface area contributed by atoms with Gasteiger partial charge in [-0.1, -0.05) is 30.9 Å². The first kappa shape index (κ1) is 6.51. The summed E-state index contributed by atoms with van der Waals surface area (Å²) < 4.78 is 0. The second kappa shape index (κ2) is 2.80. The Bertz CT molecular complexity index is 216. The van der Waals surface area contributed by atoms with Crippen LogP contribution < -0.4 is 5.30 Å². The number of benzene rings is 1. The van der Waals surface area contributed by atoms with Crippen LogP contribution in [0.3, 0.4) is 0 Å². The fraction of sp³-hybridized carbons (Fsp3) is 0. The standard InChI is InChI=1S/C8H9P/c1-2-7-4-3-5-8(9)6-7/h2-6H,1,9H2. The molecule has 1 aromatic rings. The van der Waals surface area contributed by atoms with E-state index < -0.39 is 0 Å². The molecule has 1 aromatic carbocycles. The molecule has 46 valence electrons. The Labute approximate surface area is 57.8 Å². The minimum absolute atomic E-state index is 1.17. The molecule has 0 N–H and O–H groups in total. The zero-order chi connectivity index (χ0) is 6.69. The molecule has 1 atom stereocenters. The minimum atomic E-state index is 1.17. The van der Waals surface area contributed by atoms with Gasteiger partial charge in [0.25, 0.3) is 0 Å². The third kappa shape index (κ3) is 1.65. The van der Waals surface area contributed by atoms with Crippen LogP contribution in [0.1, 0.15) is 5.56 Å². The predicted octanol–water partition coefficient (Wildman–Crippen LogP) is 1.83. The quantitative estimate of drug-likeness (QED) is 0.516. The highest BCUT2D eigenvalue weighted by Gasteiger charge is 1.83. The summed E-state index contributed by atoms with van der Waals surface area (Å²) in [5.74, 6) is 0. The Hall–Kier alpha value is -0.610. The van der Waals surface area contributed by atoms with Gasteiger partial charge in [0.2, 0.25) is 0 Å². The Morgan fingerprint density at radius 3 is 2.67 bits per heavy atom. The van der Waals surface area contributed by atoms with E-state index in [1.54, 1.807) is 0 Å². The van der Waals surface area contributed by atoms with Gasteiger partial charge in [-0.3, -0.25) is 0 Å². The fourth-order valence-electron chi connectivity index (χ4n) is 0.686. The lowest BCUT2D eigenvalue weighted by Crippen LogP contribution is -1.87. The van der Waals surface area contributed by atoms with E-state index in [1.807, 2.05) is 24.3 Å². The van der Waals surface area contributed by atoms with E-state index in [0.29, 0.717) is 0 Å². The molecule has 0 aromatic heterocycles. The lowest BCUT2D eigenvalue weighted by Gasteiger charge is -1.92. The van der Waals surface area contributed by atoms with Gasteiger partial charge in [-0.15, -0.1) is 9.24 Å². The highest BCUT2D eigenvalue weighted by atomic mass is 31.0. The van der Waals surface area contributed by atoms with Crippen molar-refractivity contribution in [1.29, 1.82) is 0 Å². The summed E-state index contributed by atoms with van der Waals surface area (Å²) >= 11 is 0. The van der Waals surface area contributed by atoms with Gasteiger partial charge >= 0.3 is 0 Å². The van der Waals surface area contributed by atoms with E-state index in [-0.39, 0.29) is 0 Å². The minimum Gasteiger partial charge on any atom is -0.106 e. The molecule has 0 spiro atoms. The second-order valence-electron chi connectivity index (χ2n) is 1.87. The van der Waals surface area contributed by atoms with Crippen LogP contribution in [0.15, 0.2) is 30.8 Å². The summed E-state index contributed by atoms with van der Waals surface area (Å²) in [5.41, 5.74) is 1.17. The summed E-state index contributed by atoms with van der Waals surface area (Å²) in [6.45, 7) is 3.66. The van der Waals surface area contributed by atoms with E-state index in [2.05, 4.69) is 21.9 Å². The number of hydrogen-bond acceptors (Lipinski definition) is 0. The summed E-state index contributed by atoms with van der Waals surface area (Å²) in [7, 11) is 2.64. The van der Waals surface area contributed by atoms with Crippen molar-refractivity contribution < 1.29 is 0 Å². The molecule has 0 amide bonds. The molecule has 0 saturated carbocycles. The van der Waals surface area contributed by atoms with Crippen molar-refractivity contribution in [3.63, 3.8) is 0 Å². The Balaban J connectivity index is 3.07. The molecule has 0 nitrogen and oxygen atoms in total. The molecule has 1 unspecified atom stereocenters. The molecule has 0 radical (unpaired) electrons. The van der Waals surface area contributed by atoms with E-state index in [9.17, 15) is 0 Å². The highest BCUT2D eigenvalue weighted by molar-refractivity contribution is 7.27. The molecule has 0 aliphatic rings. The molecule has 1 heteroatoms. The normalized spacial score (nSPS) is 9.00. The van der Waals surface area contributed by atoms with Gasteiger partial charge in [0.1, 0.15) is 0 Å². The van der Waals surface area contributed by atoms with Gasteiger partial charge < -0.3 is 0 Å². The van der Waals surface area contributed by atoms with Crippen LogP contribution in [0.5, 0.6) is 0 Å². The van der Waals surface area contributed by atoms with Crippen molar-refractivity contribution in [3.8, 4) is 0 Å². The van der Waals surface area contributed by atoms with Crippen LogP contribution in [-0.2, 0) is 0 Å². The molecule has 0 saturated heterocycles. The molecule has 0 bridgehead atoms. The fourth-order valence-corrected chi connectivity index (χ4v) is 0.990. The summed E-state index contributed by atoms with van der Waals surface area (Å²) in [6.07, 6.45) is 1.84. The highest BCUT2D eigenvalue weighted by Crippen LogP contribution is 1.99. The average Bonchev–Trinajstić information content (AvgIpc) is 1.88. The maximum atomic E-state index is 3.66. The van der Waals surface area contributed by atoms with Gasteiger partial charge in [-0.05, 0) is 16.9 Å². The number of rotatable bonds is 1. The lowest BCUT2D eigenvalue weighted by molar-refractivity contribution is 1.72. The SMILES string of the molecule is C=Cc1cccc(P)c1. The van der Waals surface area contributed by atoms with Crippen molar-refractivity contribution in [2.75, 3.05) is 0 Å². The Morgan fingerprint density at radius 1 is 1.44 bits per heavy atom. The molecule has 9 heavy (non-hydrogen) atoms. The lowest BCUT2D eigenvalue weighted by atomic mass is 10.2. The van der Waals surface area contributed by atoms with E-state index in [4.69, 9.17) is 0 Å². The van der Waals surface area contributed by atoms with Crippen molar-refractivity contribution >= 4 is 20.6 Å². The zero-order valence-corrected chi connectivity index (χ0v) is 6.33. The van der Waals surface area contributed by atoms with Crippen molar-refractivity contribution in [2.24, 2.45) is 0 Å². The van der Waals surface area contributed by atoms with Crippen LogP contribution in [-0.4, -0.2) is 0 Å². The molecule has 0 fully saturated rings. The van der Waals surface area contributed by atoms with Gasteiger partial charge in [0, 0.05) is 0 Å². The van der Waals surface area contributed by atoms with Gasteiger partial charge in [-0.2, -0.15) is 0 Å². The first-order valence-corrected chi connectivity index (χ1v) is 3.38. The Kier molecular flexibility index (Phi) is 2.02. The van der Waals surface area contributed by atoms with E-state index >= 15 is 0 Å². The summed E-state index contributed by atoms with van der Waals surface area (Å²) in [5, 5.41) is 1.20. The molecular weight excluding hydrogens is 127 g/mol. The Morgan fingerprint density at radius 2 is 2.22 bits per heavy atom. The van der Waals surface area contributed by atoms with Gasteiger partial charge in [0.05, 0.1) is 0 Å². The summed E-state index contributed by atoms with van der Waals surface area (Å²) in [6, 6.07) is 8.15. The average molecular weight is 136 g/mol. The van der Waals surface area contributed by atoms with Gasteiger partial charge in [0.15, 0.2) is 0 Å². The molecule has 0 aliphatic heterocycles. The maximum absolute atomic E-state index is 3.66. The second-order valence-corrected chi connectivity index (χ2v) is 2.54. The summed E-state index contributed by atoms with van der Waals surface area (Å²) in [4.78, 5) is 0. The number of hydrogen-bond donors (Lipinski definition) is 0. The molecule has 0 heterocycles. The third-order valence-corrected chi connectivity index (χ3v) is 1.51. The van der Waals surface area contributed by atoms with Crippen LogP contribution in [0, 0.1) is 0 Å². The van der Waals surface area contributed by atoms with Crippen LogP contribution in [0.25, 0.3) is 6.08 Å². The van der Waals surface area contributed by atoms with Crippen LogP contribution in [0.2, 0.25) is 0 Å². The molecule has 1 rings (SSSR count). The van der Waals surface area contributed by atoms with E-state index in [0.717, 1.165) is 0 Å². The van der Waals surface area contributed by atoms with Crippen LogP contribution in [0.4, 0.5) is 0 Å². The first-order chi connectivity index (χ1) is 4.33. The third-order valence-electron chi connectivity index (χ3n) is 1.15. The maximum Gasteiger partial charge on any atom is -0.0256 e. The van der Waals surface area contributed by atoms with Crippen molar-refractivity contribution in [3.05, 3.63) is 36.4 Å². The smallest absolute Gasteiger partial charge is 0.0256 e. The van der Waals surface area contributed by atoms with Crippen LogP contribution >= 0.6 is 9.24 Å². The zero-order valence-electron chi connectivity index (χ0n) is 5.17. The van der Waals surface area contributed by atoms with Gasteiger partial charge in [-0.25, -0.2) is 0 Å². The monoisotopic (exact) mass is 136 g/mol. The topological polar surface area (TPSA) is 0 Å². The largest absolute Gasteiger partial charge is 0.106 e. The first-order valence-electron chi connectivity index (χ1n) is 2.81. The van der Waals surface area contributed by atoms with Crippen molar-refractivity contribution in [2.45, 2.75) is 0 Å². The van der Waals surface area contributed by atoms with E-state index in [1.165, 1.54) is 10.9 Å².